The molecule has 31 heavy (non-hydrogen) atoms. The van der Waals surface area contributed by atoms with E-state index in [-0.39, 0.29) is 11.5 Å². The molecule has 0 bridgehead atoms. The second-order valence-corrected chi connectivity index (χ2v) is 8.32. The second-order valence-electron chi connectivity index (χ2n) is 6.54. The van der Waals surface area contributed by atoms with Crippen LogP contribution in [-0.2, 0) is 0 Å². The van der Waals surface area contributed by atoms with Gasteiger partial charge in [-0.05, 0) is 60.7 Å². The lowest BCUT2D eigenvalue weighted by Gasteiger charge is -2.11. The first-order valence-corrected chi connectivity index (χ1v) is 11.1. The van der Waals surface area contributed by atoms with Gasteiger partial charge in [0.1, 0.15) is 5.75 Å². The van der Waals surface area contributed by atoms with Crippen LogP contribution in [-0.4, -0.2) is 33.4 Å². The van der Waals surface area contributed by atoms with Gasteiger partial charge in [0.25, 0.3) is 0 Å². The number of carbonyl (C=O) groups excluding carboxylic acids is 1. The number of hydrogen-bond donors (Lipinski definition) is 0. The third kappa shape index (κ3) is 4.77. The molecule has 0 aliphatic rings. The molecule has 156 valence electrons. The summed E-state index contributed by atoms with van der Waals surface area (Å²) in [4.78, 5) is 12.7. The Morgan fingerprint density at radius 3 is 2.35 bits per heavy atom. The van der Waals surface area contributed by atoms with Gasteiger partial charge in [0.15, 0.2) is 16.8 Å². The fourth-order valence-electron chi connectivity index (χ4n) is 3.01. The van der Waals surface area contributed by atoms with Gasteiger partial charge >= 0.3 is 0 Å². The summed E-state index contributed by atoms with van der Waals surface area (Å²) in [6, 6.07) is 22.0. The lowest BCUT2D eigenvalue weighted by molar-refractivity contribution is 0.102. The summed E-state index contributed by atoms with van der Waals surface area (Å²) >= 11 is 13.5. The molecule has 1 aromatic heterocycles. The Kier molecular flexibility index (Phi) is 6.61. The standard InChI is InChI=1S/C23H17Cl2N3O2S/c1-30-18-12-6-15(7-13-18)22-26-27-23(28(22)17-10-8-16(24)9-11-17)31-14-21(29)19-4-2-3-5-20(19)25/h2-13H,14H2,1H3. The van der Waals surface area contributed by atoms with Crippen molar-refractivity contribution in [3.63, 3.8) is 0 Å². The van der Waals surface area contributed by atoms with Crippen molar-refractivity contribution >= 4 is 40.7 Å². The Bertz CT molecular complexity index is 1210. The fraction of sp³-hybridized carbons (Fsp3) is 0.0870. The molecule has 1 heterocycles. The van der Waals surface area contributed by atoms with Gasteiger partial charge in [-0.15, -0.1) is 10.2 Å². The van der Waals surface area contributed by atoms with Gasteiger partial charge in [-0.1, -0.05) is 47.1 Å². The highest BCUT2D eigenvalue weighted by atomic mass is 35.5. The topological polar surface area (TPSA) is 57.0 Å². The number of methoxy groups -OCH3 is 1. The van der Waals surface area contributed by atoms with Crippen LogP contribution < -0.4 is 4.74 Å². The summed E-state index contributed by atoms with van der Waals surface area (Å²) in [6.45, 7) is 0. The maximum absolute atomic E-state index is 12.7. The average Bonchev–Trinajstić information content (AvgIpc) is 3.22. The number of halogens is 2. The van der Waals surface area contributed by atoms with E-state index in [1.54, 1.807) is 43.5 Å². The zero-order chi connectivity index (χ0) is 21.8. The average molecular weight is 470 g/mol. The number of ether oxygens (including phenoxy) is 1. The van der Waals surface area contributed by atoms with Crippen molar-refractivity contribution in [2.45, 2.75) is 5.16 Å². The SMILES string of the molecule is COc1ccc(-c2nnc(SCC(=O)c3ccccc3Cl)n2-c2ccc(Cl)cc2)cc1. The van der Waals surface area contributed by atoms with Gasteiger partial charge in [-0.3, -0.25) is 9.36 Å². The number of Topliss-reactive ketones (excluding diaryl/α,β-unsaturated/α-hetero) is 1. The van der Waals surface area contributed by atoms with Gasteiger partial charge in [-0.2, -0.15) is 0 Å². The number of hydrogen-bond acceptors (Lipinski definition) is 5. The van der Waals surface area contributed by atoms with Crippen LogP contribution in [0, 0.1) is 0 Å². The second kappa shape index (κ2) is 9.56. The number of aromatic nitrogens is 3. The van der Waals surface area contributed by atoms with Crippen molar-refractivity contribution < 1.29 is 9.53 Å². The molecule has 0 radical (unpaired) electrons. The predicted octanol–water partition coefficient (Wildman–Crippen LogP) is 6.22. The smallest absolute Gasteiger partial charge is 0.196 e. The van der Waals surface area contributed by atoms with E-state index in [4.69, 9.17) is 27.9 Å². The molecule has 0 spiro atoms. The number of thioether (sulfide) groups is 1. The lowest BCUT2D eigenvalue weighted by atomic mass is 10.1. The first kappa shape index (κ1) is 21.4. The molecule has 4 rings (SSSR count). The Morgan fingerprint density at radius 2 is 1.68 bits per heavy atom. The lowest BCUT2D eigenvalue weighted by Crippen LogP contribution is -2.05. The minimum absolute atomic E-state index is 0.0766. The maximum atomic E-state index is 12.7. The van der Waals surface area contributed by atoms with E-state index in [1.807, 2.05) is 41.0 Å². The van der Waals surface area contributed by atoms with Gasteiger partial charge < -0.3 is 4.74 Å². The van der Waals surface area contributed by atoms with Crippen LogP contribution in [0.4, 0.5) is 0 Å². The minimum atomic E-state index is -0.0766. The highest BCUT2D eigenvalue weighted by molar-refractivity contribution is 7.99. The van der Waals surface area contributed by atoms with Crippen molar-refractivity contribution in [2.75, 3.05) is 12.9 Å². The van der Waals surface area contributed by atoms with E-state index in [0.29, 0.717) is 26.6 Å². The van der Waals surface area contributed by atoms with E-state index in [9.17, 15) is 4.79 Å². The van der Waals surface area contributed by atoms with E-state index in [0.717, 1.165) is 17.0 Å². The first-order valence-electron chi connectivity index (χ1n) is 9.33. The normalized spacial score (nSPS) is 10.8. The largest absolute Gasteiger partial charge is 0.497 e. The number of ketones is 1. The van der Waals surface area contributed by atoms with Crippen molar-refractivity contribution in [3.8, 4) is 22.8 Å². The van der Waals surface area contributed by atoms with Crippen LogP contribution in [0.2, 0.25) is 10.0 Å². The molecule has 0 aliphatic heterocycles. The molecular formula is C23H17Cl2N3O2S. The van der Waals surface area contributed by atoms with Crippen molar-refractivity contribution in [3.05, 3.63) is 88.4 Å². The summed E-state index contributed by atoms with van der Waals surface area (Å²) in [5.74, 6) is 1.50. The molecular weight excluding hydrogens is 453 g/mol. The minimum Gasteiger partial charge on any atom is -0.497 e. The molecule has 5 nitrogen and oxygen atoms in total. The van der Waals surface area contributed by atoms with Crippen LogP contribution in [0.1, 0.15) is 10.4 Å². The zero-order valence-corrected chi connectivity index (χ0v) is 18.8. The van der Waals surface area contributed by atoms with Crippen LogP contribution in [0.5, 0.6) is 5.75 Å². The van der Waals surface area contributed by atoms with Gasteiger partial charge in [-0.25, -0.2) is 0 Å². The summed E-state index contributed by atoms with van der Waals surface area (Å²) in [7, 11) is 1.62. The van der Waals surface area contributed by atoms with Crippen LogP contribution >= 0.6 is 35.0 Å². The maximum Gasteiger partial charge on any atom is 0.196 e. The third-order valence-electron chi connectivity index (χ3n) is 4.57. The number of nitrogens with zero attached hydrogens (tertiary/aromatic N) is 3. The Hall–Kier alpha value is -2.80. The van der Waals surface area contributed by atoms with Gasteiger partial charge in [0, 0.05) is 21.8 Å². The highest BCUT2D eigenvalue weighted by Crippen LogP contribution is 2.30. The van der Waals surface area contributed by atoms with Crippen LogP contribution in [0.15, 0.2) is 78.0 Å². The zero-order valence-electron chi connectivity index (χ0n) is 16.5. The van der Waals surface area contributed by atoms with E-state index in [1.165, 1.54) is 11.8 Å². The quantitative estimate of drug-likeness (QED) is 0.237. The number of benzene rings is 3. The number of rotatable bonds is 7. The molecule has 0 fully saturated rings. The summed E-state index contributed by atoms with van der Waals surface area (Å²) in [6.07, 6.45) is 0. The van der Waals surface area contributed by atoms with Crippen molar-refractivity contribution in [1.82, 2.24) is 14.8 Å². The van der Waals surface area contributed by atoms with E-state index in [2.05, 4.69) is 10.2 Å². The molecule has 4 aromatic rings. The molecule has 0 saturated carbocycles. The summed E-state index contributed by atoms with van der Waals surface area (Å²) in [5, 5.41) is 10.4. The van der Waals surface area contributed by atoms with Crippen LogP contribution in [0.25, 0.3) is 17.1 Å². The van der Waals surface area contributed by atoms with Crippen molar-refractivity contribution in [1.29, 1.82) is 0 Å². The summed E-state index contributed by atoms with van der Waals surface area (Å²) < 4.78 is 7.15. The molecule has 0 aliphatic carbocycles. The Labute approximate surface area is 194 Å². The first-order chi connectivity index (χ1) is 15.1. The molecule has 0 saturated heterocycles. The monoisotopic (exact) mass is 469 g/mol. The van der Waals surface area contributed by atoms with E-state index >= 15 is 0 Å². The Balaban J connectivity index is 1.68. The highest BCUT2D eigenvalue weighted by Gasteiger charge is 2.18. The van der Waals surface area contributed by atoms with E-state index < -0.39 is 0 Å². The van der Waals surface area contributed by atoms with Gasteiger partial charge in [0.05, 0.1) is 17.9 Å². The number of carbonyl (C=O) groups is 1. The molecule has 0 atom stereocenters. The molecule has 0 unspecified atom stereocenters. The molecule has 0 N–H and O–H groups in total. The molecule has 8 heteroatoms. The molecule has 0 amide bonds. The molecule has 3 aromatic carbocycles. The Morgan fingerprint density at radius 1 is 0.968 bits per heavy atom. The predicted molar refractivity (Wildman–Crippen MR) is 125 cm³/mol. The third-order valence-corrected chi connectivity index (χ3v) is 6.08. The van der Waals surface area contributed by atoms with Crippen LogP contribution in [0.3, 0.4) is 0 Å². The van der Waals surface area contributed by atoms with Crippen molar-refractivity contribution in [2.24, 2.45) is 0 Å². The summed E-state index contributed by atoms with van der Waals surface area (Å²) in [5.41, 5.74) is 2.20. The fourth-order valence-corrected chi connectivity index (χ4v) is 4.21. The van der Waals surface area contributed by atoms with Gasteiger partial charge in [0.2, 0.25) is 0 Å².